The van der Waals surface area contributed by atoms with Crippen molar-refractivity contribution in [3.05, 3.63) is 66.1 Å². The average molecular weight is 357 g/mol. The molecule has 2 rings (SSSR count). The Morgan fingerprint density at radius 2 is 1.96 bits per heavy atom. The van der Waals surface area contributed by atoms with E-state index in [1.807, 2.05) is 6.07 Å². The van der Waals surface area contributed by atoms with Crippen LogP contribution in [-0.2, 0) is 21.4 Å². The van der Waals surface area contributed by atoms with Crippen LogP contribution in [0.3, 0.4) is 0 Å². The zero-order valence-electron chi connectivity index (χ0n) is 13.0. The number of nitrogens with zero attached hydrogens (tertiary/aromatic N) is 2. The maximum Gasteiger partial charge on any atom is 0.267 e. The van der Waals surface area contributed by atoms with Gasteiger partial charge in [-0.25, -0.2) is 13.6 Å². The van der Waals surface area contributed by atoms with Crippen LogP contribution in [-0.4, -0.2) is 19.3 Å². The Kier molecular flexibility index (Phi) is 5.84. The predicted molar refractivity (Wildman–Crippen MR) is 91.2 cm³/mol. The molecule has 1 aromatic carbocycles. The molecule has 128 valence electrons. The zero-order chi connectivity index (χ0) is 18.3. The molecule has 0 aliphatic carbocycles. The Balaban J connectivity index is 2.00. The molecule has 0 saturated heterocycles. The van der Waals surface area contributed by atoms with Crippen LogP contribution >= 0.6 is 0 Å². The minimum Gasteiger partial charge on any atom is -0.384 e. The molecule has 2 aromatic rings. The van der Waals surface area contributed by atoms with E-state index in [0.29, 0.717) is 12.2 Å². The van der Waals surface area contributed by atoms with Crippen LogP contribution in [0.15, 0.2) is 65.3 Å². The number of nitrogens with two attached hydrogens (primary N) is 1. The predicted octanol–water partition coefficient (Wildman–Crippen LogP) is 0.865. The molecular weight excluding hydrogens is 342 g/mol. The number of nitriles is 1. The molecule has 8 nitrogen and oxygen atoms in total. The highest BCUT2D eigenvalue weighted by Crippen LogP contribution is 2.13. The van der Waals surface area contributed by atoms with Gasteiger partial charge in [-0.05, 0) is 36.4 Å². The van der Waals surface area contributed by atoms with Crippen molar-refractivity contribution >= 4 is 21.6 Å². The third kappa shape index (κ3) is 5.42. The molecule has 0 bridgehead atoms. The van der Waals surface area contributed by atoms with Crippen LogP contribution in [0.25, 0.3) is 0 Å². The maximum atomic E-state index is 12.1. The van der Waals surface area contributed by atoms with Crippen LogP contribution in [0, 0.1) is 11.3 Å². The van der Waals surface area contributed by atoms with Crippen molar-refractivity contribution in [1.29, 1.82) is 5.26 Å². The third-order valence-electron chi connectivity index (χ3n) is 3.06. The van der Waals surface area contributed by atoms with Crippen LogP contribution in [0.5, 0.6) is 0 Å². The molecule has 9 heteroatoms. The van der Waals surface area contributed by atoms with Gasteiger partial charge in [0.25, 0.3) is 5.91 Å². The second-order valence-electron chi connectivity index (χ2n) is 4.90. The molecule has 1 amide bonds. The van der Waals surface area contributed by atoms with Gasteiger partial charge < -0.3 is 10.6 Å². The number of hydrogen-bond acceptors (Lipinski definition) is 6. The second-order valence-corrected chi connectivity index (χ2v) is 6.46. The van der Waals surface area contributed by atoms with Gasteiger partial charge in [-0.15, -0.1) is 0 Å². The van der Waals surface area contributed by atoms with Gasteiger partial charge in [-0.1, -0.05) is 6.07 Å². The van der Waals surface area contributed by atoms with Gasteiger partial charge in [0.15, 0.2) is 0 Å². The van der Waals surface area contributed by atoms with E-state index in [1.54, 1.807) is 24.4 Å². The number of amides is 1. The molecule has 0 saturated carbocycles. The smallest absolute Gasteiger partial charge is 0.267 e. The minimum absolute atomic E-state index is 0.0708. The molecule has 0 fully saturated rings. The summed E-state index contributed by atoms with van der Waals surface area (Å²) in [7, 11) is -3.80. The largest absolute Gasteiger partial charge is 0.384 e. The van der Waals surface area contributed by atoms with Crippen LogP contribution in [0.1, 0.15) is 5.69 Å². The molecule has 0 spiro atoms. The van der Waals surface area contributed by atoms with E-state index in [4.69, 9.17) is 10.4 Å². The summed E-state index contributed by atoms with van der Waals surface area (Å²) >= 11 is 0. The standard InChI is InChI=1S/C16H15N5O3S/c17-9-12(10-19-11-14-3-1-2-8-20-14)16(22)21-13-4-6-15(7-5-13)25(18,23)24/h1-8,10,19H,11H2,(H,21,22)(H2,18,23,24)/b12-10-. The number of carbonyl (C=O) groups is 1. The van der Waals surface area contributed by atoms with Crippen molar-refractivity contribution in [1.82, 2.24) is 10.3 Å². The summed E-state index contributed by atoms with van der Waals surface area (Å²) in [4.78, 5) is 16.1. The summed E-state index contributed by atoms with van der Waals surface area (Å²) < 4.78 is 22.4. The van der Waals surface area contributed by atoms with Gasteiger partial charge in [-0.3, -0.25) is 9.78 Å². The van der Waals surface area contributed by atoms with E-state index in [2.05, 4.69) is 15.6 Å². The Labute approximate surface area is 145 Å². The number of aromatic nitrogens is 1. The van der Waals surface area contributed by atoms with E-state index in [1.165, 1.54) is 30.5 Å². The fourth-order valence-electron chi connectivity index (χ4n) is 1.84. The van der Waals surface area contributed by atoms with Crippen LogP contribution in [0.2, 0.25) is 0 Å². The first kappa shape index (κ1) is 18.1. The van der Waals surface area contributed by atoms with E-state index < -0.39 is 15.9 Å². The highest BCUT2D eigenvalue weighted by atomic mass is 32.2. The van der Waals surface area contributed by atoms with Crippen LogP contribution < -0.4 is 15.8 Å². The highest BCUT2D eigenvalue weighted by Gasteiger charge is 2.11. The molecule has 0 radical (unpaired) electrons. The van der Waals surface area contributed by atoms with Gasteiger partial charge in [0.05, 0.1) is 17.1 Å². The van der Waals surface area contributed by atoms with Crippen molar-refractivity contribution in [3.63, 3.8) is 0 Å². The Morgan fingerprint density at radius 3 is 2.52 bits per heavy atom. The number of hydrogen-bond donors (Lipinski definition) is 3. The molecule has 0 aliphatic rings. The quantitative estimate of drug-likeness (QED) is 0.518. The Hall–Kier alpha value is -3.22. The number of benzene rings is 1. The lowest BCUT2D eigenvalue weighted by Gasteiger charge is -2.06. The second kappa shape index (κ2) is 8.05. The minimum atomic E-state index is -3.80. The van der Waals surface area contributed by atoms with E-state index >= 15 is 0 Å². The number of sulfonamides is 1. The van der Waals surface area contributed by atoms with Gasteiger partial charge in [0.2, 0.25) is 10.0 Å². The van der Waals surface area contributed by atoms with E-state index in [9.17, 15) is 13.2 Å². The van der Waals surface area contributed by atoms with Gasteiger partial charge in [-0.2, -0.15) is 5.26 Å². The lowest BCUT2D eigenvalue weighted by Crippen LogP contribution is -2.17. The number of anilines is 1. The lowest BCUT2D eigenvalue weighted by atomic mass is 10.2. The van der Waals surface area contributed by atoms with E-state index in [-0.39, 0.29) is 10.5 Å². The van der Waals surface area contributed by atoms with Crippen molar-refractivity contribution in [2.75, 3.05) is 5.32 Å². The summed E-state index contributed by atoms with van der Waals surface area (Å²) in [6.07, 6.45) is 2.94. The number of carbonyl (C=O) groups excluding carboxylic acids is 1. The highest BCUT2D eigenvalue weighted by molar-refractivity contribution is 7.89. The van der Waals surface area contributed by atoms with Crippen LogP contribution in [0.4, 0.5) is 5.69 Å². The van der Waals surface area contributed by atoms with Gasteiger partial charge in [0.1, 0.15) is 11.6 Å². The van der Waals surface area contributed by atoms with Gasteiger partial charge >= 0.3 is 0 Å². The summed E-state index contributed by atoms with van der Waals surface area (Å²) in [5, 5.41) is 19.4. The molecule has 4 N–H and O–H groups in total. The monoisotopic (exact) mass is 357 g/mol. The molecule has 0 aliphatic heterocycles. The maximum absolute atomic E-state index is 12.1. The SMILES string of the molecule is N#C/C(=C/NCc1ccccn1)C(=O)Nc1ccc(S(N)(=O)=O)cc1. The van der Waals surface area contributed by atoms with Crippen molar-refractivity contribution in [2.24, 2.45) is 5.14 Å². The van der Waals surface area contributed by atoms with Crippen molar-refractivity contribution in [2.45, 2.75) is 11.4 Å². The average Bonchev–Trinajstić information content (AvgIpc) is 2.59. The number of primary sulfonamides is 1. The molecular formula is C16H15N5O3S. The third-order valence-corrected chi connectivity index (χ3v) is 3.99. The fourth-order valence-corrected chi connectivity index (χ4v) is 2.35. The summed E-state index contributed by atoms with van der Waals surface area (Å²) in [5.41, 5.74) is 0.963. The first-order valence-corrected chi connectivity index (χ1v) is 8.62. The molecule has 1 aromatic heterocycles. The normalized spacial score (nSPS) is 11.4. The zero-order valence-corrected chi connectivity index (χ0v) is 13.8. The van der Waals surface area contributed by atoms with Crippen molar-refractivity contribution < 1.29 is 13.2 Å². The lowest BCUT2D eigenvalue weighted by molar-refractivity contribution is -0.112. The summed E-state index contributed by atoms with van der Waals surface area (Å²) in [6, 6.07) is 12.5. The summed E-state index contributed by atoms with van der Waals surface area (Å²) in [6.45, 7) is 0.363. The van der Waals surface area contributed by atoms with E-state index in [0.717, 1.165) is 5.69 Å². The molecule has 0 unspecified atom stereocenters. The number of rotatable bonds is 6. The number of nitrogens with one attached hydrogen (secondary N) is 2. The topological polar surface area (TPSA) is 138 Å². The summed E-state index contributed by atoms with van der Waals surface area (Å²) in [5.74, 6) is -0.626. The number of pyridine rings is 1. The first-order chi connectivity index (χ1) is 11.9. The molecule has 1 heterocycles. The molecule has 25 heavy (non-hydrogen) atoms. The first-order valence-electron chi connectivity index (χ1n) is 7.08. The molecule has 0 atom stereocenters. The Morgan fingerprint density at radius 1 is 1.24 bits per heavy atom. The van der Waals surface area contributed by atoms with Gasteiger partial charge in [0, 0.05) is 18.1 Å². The Bertz CT molecular complexity index is 916. The fraction of sp³-hybridized carbons (Fsp3) is 0.0625. The van der Waals surface area contributed by atoms with Crippen molar-refractivity contribution in [3.8, 4) is 6.07 Å².